The quantitative estimate of drug-likeness (QED) is 0.745. The summed E-state index contributed by atoms with van der Waals surface area (Å²) in [5.41, 5.74) is 2.57. The van der Waals surface area contributed by atoms with Crippen LogP contribution in [0, 0.1) is 12.3 Å². The molecular formula is C13H20Br2N2O. The zero-order chi connectivity index (χ0) is 13.3. The molecule has 0 aliphatic carbocycles. The fourth-order valence-electron chi connectivity index (χ4n) is 2.65. The highest BCUT2D eigenvalue weighted by Gasteiger charge is 2.41. The van der Waals surface area contributed by atoms with Crippen LogP contribution in [0.2, 0.25) is 0 Å². The Kier molecular flexibility index (Phi) is 4.55. The lowest BCUT2D eigenvalue weighted by Crippen LogP contribution is -2.34. The Balaban J connectivity index is 2.33. The summed E-state index contributed by atoms with van der Waals surface area (Å²) < 4.78 is 9.04. The summed E-state index contributed by atoms with van der Waals surface area (Å²) in [6.07, 6.45) is 2.42. The Labute approximate surface area is 126 Å². The van der Waals surface area contributed by atoms with E-state index < -0.39 is 0 Å². The number of hydrogen-bond donors (Lipinski definition) is 0. The minimum Gasteiger partial charge on any atom is -0.378 e. The summed E-state index contributed by atoms with van der Waals surface area (Å²) in [5.74, 6) is 0. The highest BCUT2D eigenvalue weighted by molar-refractivity contribution is 9.10. The molecule has 0 amide bonds. The molecule has 2 atom stereocenters. The second-order valence-corrected chi connectivity index (χ2v) is 6.45. The van der Waals surface area contributed by atoms with Gasteiger partial charge in [0.1, 0.15) is 0 Å². The molecule has 102 valence electrons. The normalized spacial score (nSPS) is 27.9. The molecule has 1 aliphatic rings. The van der Waals surface area contributed by atoms with Crippen molar-refractivity contribution in [2.45, 2.75) is 46.3 Å². The van der Waals surface area contributed by atoms with Gasteiger partial charge in [-0.2, -0.15) is 5.10 Å². The van der Waals surface area contributed by atoms with Crippen LogP contribution in [0.4, 0.5) is 0 Å². The summed E-state index contributed by atoms with van der Waals surface area (Å²) in [5, 5.41) is 5.55. The van der Waals surface area contributed by atoms with Crippen LogP contribution in [-0.2, 0) is 17.7 Å². The molecular weight excluding hydrogens is 360 g/mol. The van der Waals surface area contributed by atoms with Crippen LogP contribution in [0.15, 0.2) is 4.47 Å². The zero-order valence-corrected chi connectivity index (χ0v) is 14.3. The first-order valence-corrected chi connectivity index (χ1v) is 8.35. The predicted octanol–water partition coefficient (Wildman–Crippen LogP) is 3.71. The van der Waals surface area contributed by atoms with Crippen LogP contribution in [0.3, 0.4) is 0 Å². The van der Waals surface area contributed by atoms with Gasteiger partial charge in [-0.05, 0) is 49.5 Å². The molecule has 1 saturated heterocycles. The van der Waals surface area contributed by atoms with Crippen LogP contribution in [0.1, 0.15) is 31.7 Å². The molecule has 1 aromatic heterocycles. The highest BCUT2D eigenvalue weighted by atomic mass is 79.9. The number of nitrogens with zero attached hydrogens (tertiary/aromatic N) is 2. The van der Waals surface area contributed by atoms with E-state index in [1.165, 1.54) is 5.69 Å². The Hall–Kier alpha value is 0.130. The first kappa shape index (κ1) is 14.5. The molecule has 1 aliphatic heterocycles. The largest absolute Gasteiger partial charge is 0.378 e. The Bertz CT molecular complexity index is 433. The zero-order valence-electron chi connectivity index (χ0n) is 11.2. The third kappa shape index (κ3) is 2.41. The second-order valence-electron chi connectivity index (χ2n) is 5.10. The summed E-state index contributed by atoms with van der Waals surface area (Å²) in [6.45, 7) is 8.15. The lowest BCUT2D eigenvalue weighted by molar-refractivity contribution is 0.0736. The maximum absolute atomic E-state index is 5.78. The van der Waals surface area contributed by atoms with Crippen LogP contribution in [0.25, 0.3) is 0 Å². The molecule has 0 radical (unpaired) electrons. The van der Waals surface area contributed by atoms with Gasteiger partial charge >= 0.3 is 0 Å². The molecule has 2 rings (SSSR count). The molecule has 2 heterocycles. The highest BCUT2D eigenvalue weighted by Crippen LogP contribution is 2.41. The number of aryl methyl sites for hydroxylation is 2. The average molecular weight is 380 g/mol. The molecule has 5 heteroatoms. The van der Waals surface area contributed by atoms with E-state index in [9.17, 15) is 0 Å². The molecule has 0 aromatic carbocycles. The van der Waals surface area contributed by atoms with E-state index in [4.69, 9.17) is 4.74 Å². The van der Waals surface area contributed by atoms with Crippen molar-refractivity contribution in [3.63, 3.8) is 0 Å². The third-order valence-electron chi connectivity index (χ3n) is 4.07. The molecule has 18 heavy (non-hydrogen) atoms. The van der Waals surface area contributed by atoms with E-state index in [1.807, 2.05) is 0 Å². The lowest BCUT2D eigenvalue weighted by Gasteiger charge is -2.30. The number of rotatable bonds is 4. The average Bonchev–Trinajstić information content (AvgIpc) is 2.85. The maximum Gasteiger partial charge on any atom is 0.0738 e. The maximum atomic E-state index is 5.78. The summed E-state index contributed by atoms with van der Waals surface area (Å²) >= 11 is 7.37. The summed E-state index contributed by atoms with van der Waals surface area (Å²) in [6, 6.07) is 0. The molecule has 2 unspecified atom stereocenters. The van der Waals surface area contributed by atoms with Gasteiger partial charge in [-0.1, -0.05) is 15.9 Å². The second kappa shape index (κ2) is 5.63. The van der Waals surface area contributed by atoms with E-state index in [0.29, 0.717) is 6.10 Å². The lowest BCUT2D eigenvalue weighted by atomic mass is 9.79. The molecule has 3 nitrogen and oxygen atoms in total. The van der Waals surface area contributed by atoms with Crippen molar-refractivity contribution in [3.05, 3.63) is 15.9 Å². The molecule has 0 bridgehead atoms. The Morgan fingerprint density at radius 3 is 2.78 bits per heavy atom. The van der Waals surface area contributed by atoms with Crippen LogP contribution in [0.5, 0.6) is 0 Å². The SMILES string of the molecule is CCn1nc(C)c(Br)c1CC1(CBr)CCOC1C. The minimum atomic E-state index is 0.196. The summed E-state index contributed by atoms with van der Waals surface area (Å²) in [4.78, 5) is 0. The van der Waals surface area contributed by atoms with E-state index in [-0.39, 0.29) is 5.41 Å². The van der Waals surface area contributed by atoms with Gasteiger partial charge in [-0.25, -0.2) is 0 Å². The fraction of sp³-hybridized carbons (Fsp3) is 0.769. The van der Waals surface area contributed by atoms with Crippen LogP contribution < -0.4 is 0 Å². The topological polar surface area (TPSA) is 27.1 Å². The van der Waals surface area contributed by atoms with Crippen LogP contribution >= 0.6 is 31.9 Å². The molecule has 1 aromatic rings. The van der Waals surface area contributed by atoms with Gasteiger partial charge < -0.3 is 4.74 Å². The van der Waals surface area contributed by atoms with Crippen molar-refractivity contribution < 1.29 is 4.74 Å². The number of hydrogen-bond acceptors (Lipinski definition) is 2. The Morgan fingerprint density at radius 2 is 2.28 bits per heavy atom. The molecule has 0 spiro atoms. The van der Waals surface area contributed by atoms with Crippen molar-refractivity contribution in [2.75, 3.05) is 11.9 Å². The van der Waals surface area contributed by atoms with Gasteiger partial charge in [-0.3, -0.25) is 4.68 Å². The number of ether oxygens (including phenoxy) is 1. The minimum absolute atomic E-state index is 0.196. The number of alkyl halides is 1. The van der Waals surface area contributed by atoms with E-state index in [0.717, 1.165) is 41.5 Å². The van der Waals surface area contributed by atoms with E-state index >= 15 is 0 Å². The summed E-state index contributed by atoms with van der Waals surface area (Å²) in [7, 11) is 0. The molecule has 0 saturated carbocycles. The number of halogens is 2. The van der Waals surface area contributed by atoms with Crippen molar-refractivity contribution in [1.29, 1.82) is 0 Å². The predicted molar refractivity (Wildman–Crippen MR) is 80.3 cm³/mol. The van der Waals surface area contributed by atoms with Gasteiger partial charge in [0.25, 0.3) is 0 Å². The van der Waals surface area contributed by atoms with Gasteiger partial charge in [-0.15, -0.1) is 0 Å². The Morgan fingerprint density at radius 1 is 1.56 bits per heavy atom. The van der Waals surface area contributed by atoms with E-state index in [2.05, 4.69) is 62.4 Å². The van der Waals surface area contributed by atoms with Crippen LogP contribution in [-0.4, -0.2) is 27.8 Å². The van der Waals surface area contributed by atoms with Gasteiger partial charge in [0.05, 0.1) is 22.0 Å². The fourth-order valence-corrected chi connectivity index (χ4v) is 4.00. The smallest absolute Gasteiger partial charge is 0.0738 e. The van der Waals surface area contributed by atoms with Gasteiger partial charge in [0.15, 0.2) is 0 Å². The molecule has 1 fully saturated rings. The number of aromatic nitrogens is 2. The monoisotopic (exact) mass is 378 g/mol. The standard InChI is InChI=1S/C13H20Br2N2O/c1-4-17-11(12(15)9(2)16-17)7-13(8-14)5-6-18-10(13)3/h10H,4-8H2,1-3H3. The van der Waals surface area contributed by atoms with Crippen molar-refractivity contribution in [3.8, 4) is 0 Å². The first-order chi connectivity index (χ1) is 8.54. The van der Waals surface area contributed by atoms with E-state index in [1.54, 1.807) is 0 Å². The first-order valence-electron chi connectivity index (χ1n) is 6.43. The van der Waals surface area contributed by atoms with Crippen molar-refractivity contribution in [2.24, 2.45) is 5.41 Å². The molecule has 0 N–H and O–H groups in total. The van der Waals surface area contributed by atoms with Gasteiger partial charge in [0.2, 0.25) is 0 Å². The van der Waals surface area contributed by atoms with Crippen molar-refractivity contribution in [1.82, 2.24) is 9.78 Å². The third-order valence-corrected chi connectivity index (χ3v) is 6.22. The van der Waals surface area contributed by atoms with Crippen molar-refractivity contribution >= 4 is 31.9 Å². The van der Waals surface area contributed by atoms with Gasteiger partial charge in [0, 0.05) is 23.9 Å².